The number of allylic oxidation sites excluding steroid dienone is 3. The van der Waals surface area contributed by atoms with Crippen LogP contribution in [0.15, 0.2) is 23.9 Å². The van der Waals surface area contributed by atoms with Crippen LogP contribution in [0.2, 0.25) is 0 Å². The number of alkyl halides is 1. The van der Waals surface area contributed by atoms with Crippen molar-refractivity contribution in [3.63, 3.8) is 0 Å². The molecule has 5 heteroatoms. The second kappa shape index (κ2) is 10.0. The Balaban J connectivity index is 2.59. The monoisotopic (exact) mass is 331 g/mol. The predicted molar refractivity (Wildman–Crippen MR) is 91.3 cm³/mol. The first-order valence-electron chi connectivity index (χ1n) is 8.30. The van der Waals surface area contributed by atoms with Crippen LogP contribution in [-0.2, 0) is 10.7 Å². The van der Waals surface area contributed by atoms with Crippen molar-refractivity contribution in [2.24, 2.45) is 17.8 Å². The lowest BCUT2D eigenvalue weighted by atomic mass is 9.80. The van der Waals surface area contributed by atoms with E-state index in [0.29, 0.717) is 18.3 Å². The van der Waals surface area contributed by atoms with E-state index in [2.05, 4.69) is 37.0 Å². The first kappa shape index (κ1) is 19.2. The number of hydrogen-bond donors (Lipinski definition) is 1. The minimum atomic E-state index is -2.28. The molecule has 0 aliphatic heterocycles. The Labute approximate surface area is 136 Å². The molecular formula is C17H30FNO2S. The van der Waals surface area contributed by atoms with Crippen molar-refractivity contribution in [1.82, 2.24) is 4.90 Å². The Morgan fingerprint density at radius 2 is 2.09 bits per heavy atom. The van der Waals surface area contributed by atoms with Crippen LogP contribution in [0.25, 0.3) is 0 Å². The SMILES string of the molecule is CCCN(CCC[SH](=O)=O)C1=CC[C@@H]([C@@H](C)[C@H](C)CF)C=C1. The molecule has 0 amide bonds. The Hall–Kier alpha value is -0.840. The van der Waals surface area contributed by atoms with Gasteiger partial charge in [0.25, 0.3) is 0 Å². The third-order valence-corrected chi connectivity index (χ3v) is 5.24. The highest BCUT2D eigenvalue weighted by molar-refractivity contribution is 7.72. The Kier molecular flexibility index (Phi) is 8.76. The zero-order chi connectivity index (χ0) is 16.5. The Morgan fingerprint density at radius 3 is 2.59 bits per heavy atom. The smallest absolute Gasteiger partial charge is 0.140 e. The molecule has 0 heterocycles. The topological polar surface area (TPSA) is 37.4 Å². The van der Waals surface area contributed by atoms with Crippen LogP contribution >= 0.6 is 0 Å². The fourth-order valence-electron chi connectivity index (χ4n) is 2.84. The van der Waals surface area contributed by atoms with Crippen LogP contribution in [-0.4, -0.2) is 38.8 Å². The summed E-state index contributed by atoms with van der Waals surface area (Å²) in [4.78, 5) is 2.26. The van der Waals surface area contributed by atoms with E-state index in [9.17, 15) is 12.8 Å². The van der Waals surface area contributed by atoms with Gasteiger partial charge in [-0.3, -0.25) is 4.39 Å². The molecule has 0 aromatic rings. The zero-order valence-electron chi connectivity index (χ0n) is 14.0. The highest BCUT2D eigenvalue weighted by Crippen LogP contribution is 2.30. The zero-order valence-corrected chi connectivity index (χ0v) is 14.9. The fourth-order valence-corrected chi connectivity index (χ4v) is 3.24. The van der Waals surface area contributed by atoms with Crippen molar-refractivity contribution in [2.45, 2.75) is 40.0 Å². The number of nitrogens with zero attached hydrogens (tertiary/aromatic N) is 1. The van der Waals surface area contributed by atoms with Gasteiger partial charge in [0.1, 0.15) is 10.7 Å². The highest BCUT2D eigenvalue weighted by Gasteiger charge is 2.22. The summed E-state index contributed by atoms with van der Waals surface area (Å²) >= 11 is 0. The van der Waals surface area contributed by atoms with Gasteiger partial charge in [0, 0.05) is 24.5 Å². The minimum absolute atomic E-state index is 0.0877. The lowest BCUT2D eigenvalue weighted by Crippen LogP contribution is -2.27. The summed E-state index contributed by atoms with van der Waals surface area (Å²) in [6.07, 6.45) is 9.19. The summed E-state index contributed by atoms with van der Waals surface area (Å²) in [5, 5.41) is 0. The maximum absolute atomic E-state index is 12.8. The molecule has 128 valence electrons. The molecule has 1 rings (SSSR count). The quantitative estimate of drug-likeness (QED) is 0.623. The average molecular weight is 331 g/mol. The van der Waals surface area contributed by atoms with Crippen LogP contribution in [0.4, 0.5) is 4.39 Å². The van der Waals surface area contributed by atoms with Gasteiger partial charge in [-0.05, 0) is 43.1 Å². The summed E-state index contributed by atoms with van der Waals surface area (Å²) in [7, 11) is -2.28. The summed E-state index contributed by atoms with van der Waals surface area (Å²) in [6, 6.07) is 0. The molecule has 0 bridgehead atoms. The van der Waals surface area contributed by atoms with Gasteiger partial charge in [-0.25, -0.2) is 8.42 Å². The molecule has 1 aliphatic carbocycles. The van der Waals surface area contributed by atoms with Crippen molar-refractivity contribution >= 4 is 10.7 Å². The van der Waals surface area contributed by atoms with E-state index < -0.39 is 10.7 Å². The van der Waals surface area contributed by atoms with Gasteiger partial charge >= 0.3 is 0 Å². The lowest BCUT2D eigenvalue weighted by molar-refractivity contribution is 0.245. The number of halogens is 1. The predicted octanol–water partition coefficient (Wildman–Crippen LogP) is 3.40. The van der Waals surface area contributed by atoms with E-state index in [4.69, 9.17) is 0 Å². The van der Waals surface area contributed by atoms with Crippen molar-refractivity contribution in [1.29, 1.82) is 0 Å². The number of thiol groups is 1. The molecule has 0 radical (unpaired) electrons. The summed E-state index contributed by atoms with van der Waals surface area (Å²) in [5.74, 6) is 1.07. The van der Waals surface area contributed by atoms with Gasteiger partial charge in [-0.1, -0.05) is 32.9 Å². The van der Waals surface area contributed by atoms with Crippen LogP contribution in [0.1, 0.15) is 40.0 Å². The summed E-state index contributed by atoms with van der Waals surface area (Å²) < 4.78 is 34.2. The van der Waals surface area contributed by atoms with E-state index in [0.717, 1.165) is 25.9 Å². The van der Waals surface area contributed by atoms with E-state index in [1.54, 1.807) is 0 Å². The summed E-state index contributed by atoms with van der Waals surface area (Å²) in [5.41, 5.74) is 1.18. The molecule has 0 N–H and O–H groups in total. The normalized spacial score (nSPS) is 20.8. The minimum Gasteiger partial charge on any atom is -0.372 e. The average Bonchev–Trinajstić information content (AvgIpc) is 2.52. The molecule has 3 atom stereocenters. The fraction of sp³-hybridized carbons (Fsp3) is 0.765. The van der Waals surface area contributed by atoms with Crippen molar-refractivity contribution in [3.05, 3.63) is 23.9 Å². The van der Waals surface area contributed by atoms with Gasteiger partial charge in [-0.15, -0.1) is 0 Å². The standard InChI is InChI=1S/C17H30FNO2S/c1-4-10-19(11-5-12-22(20)21)17-8-6-16(7-9-17)15(3)14(2)13-18/h6,8-9,14-16,22H,4-5,7,10-13H2,1-3H3/t14-,15+,16+/m1/s1. The van der Waals surface area contributed by atoms with Crippen LogP contribution in [0.5, 0.6) is 0 Å². The molecule has 22 heavy (non-hydrogen) atoms. The van der Waals surface area contributed by atoms with E-state index in [-0.39, 0.29) is 18.3 Å². The molecule has 0 aromatic carbocycles. The molecule has 0 saturated heterocycles. The summed E-state index contributed by atoms with van der Waals surface area (Å²) in [6.45, 7) is 7.65. The molecule has 0 aromatic heterocycles. The molecule has 0 unspecified atom stereocenters. The van der Waals surface area contributed by atoms with Crippen molar-refractivity contribution in [3.8, 4) is 0 Å². The maximum atomic E-state index is 12.8. The largest absolute Gasteiger partial charge is 0.372 e. The van der Waals surface area contributed by atoms with Gasteiger partial charge < -0.3 is 4.90 Å². The van der Waals surface area contributed by atoms with E-state index in [1.807, 2.05) is 6.92 Å². The van der Waals surface area contributed by atoms with Gasteiger partial charge in [0.05, 0.1) is 6.67 Å². The first-order valence-corrected chi connectivity index (χ1v) is 9.66. The van der Waals surface area contributed by atoms with E-state index >= 15 is 0 Å². The molecule has 0 spiro atoms. The van der Waals surface area contributed by atoms with Crippen LogP contribution in [0.3, 0.4) is 0 Å². The van der Waals surface area contributed by atoms with Crippen molar-refractivity contribution < 1.29 is 12.8 Å². The number of hydrogen-bond acceptors (Lipinski definition) is 3. The van der Waals surface area contributed by atoms with Crippen LogP contribution < -0.4 is 0 Å². The van der Waals surface area contributed by atoms with E-state index in [1.165, 1.54) is 5.70 Å². The van der Waals surface area contributed by atoms with Gasteiger partial charge in [0.15, 0.2) is 0 Å². The van der Waals surface area contributed by atoms with Crippen LogP contribution in [0, 0.1) is 17.8 Å². The molecule has 0 saturated carbocycles. The maximum Gasteiger partial charge on any atom is 0.140 e. The molecule has 0 fully saturated rings. The first-order chi connectivity index (χ1) is 10.5. The lowest BCUT2D eigenvalue weighted by Gasteiger charge is -2.31. The highest BCUT2D eigenvalue weighted by atomic mass is 32.2. The third-order valence-electron chi connectivity index (χ3n) is 4.56. The second-order valence-electron chi connectivity index (χ2n) is 6.28. The molecule has 1 aliphatic rings. The number of rotatable bonds is 10. The third kappa shape index (κ3) is 6.11. The Morgan fingerprint density at radius 1 is 1.36 bits per heavy atom. The molecule has 3 nitrogen and oxygen atoms in total. The second-order valence-corrected chi connectivity index (χ2v) is 7.39. The van der Waals surface area contributed by atoms with Gasteiger partial charge in [0.2, 0.25) is 0 Å². The molecular weight excluding hydrogens is 301 g/mol. The van der Waals surface area contributed by atoms with Crippen molar-refractivity contribution in [2.75, 3.05) is 25.5 Å². The Bertz CT molecular complexity index is 452. The van der Waals surface area contributed by atoms with Gasteiger partial charge in [-0.2, -0.15) is 0 Å².